The first kappa shape index (κ1) is 25.7. The van der Waals surface area contributed by atoms with Gasteiger partial charge in [-0.2, -0.15) is 0 Å². The van der Waals surface area contributed by atoms with Crippen LogP contribution in [0.1, 0.15) is 16.7 Å². The molecule has 1 aliphatic heterocycles. The van der Waals surface area contributed by atoms with Crippen LogP contribution in [-0.2, 0) is 22.6 Å². The van der Waals surface area contributed by atoms with Crippen molar-refractivity contribution in [2.24, 2.45) is 0 Å². The Balaban J connectivity index is 1.70. The average molecular weight is 521 g/mol. The highest BCUT2D eigenvalue weighted by Crippen LogP contribution is 2.35. The second kappa shape index (κ2) is 11.1. The lowest BCUT2D eigenvalue weighted by molar-refractivity contribution is -0.122. The summed E-state index contributed by atoms with van der Waals surface area (Å²) in [4.78, 5) is 26.9. The molecule has 2 amide bonds. The summed E-state index contributed by atoms with van der Waals surface area (Å²) in [6, 6.07) is 14.9. The van der Waals surface area contributed by atoms with Crippen molar-refractivity contribution >= 4 is 40.9 Å². The van der Waals surface area contributed by atoms with E-state index in [-0.39, 0.29) is 28.8 Å². The predicted octanol–water partition coefficient (Wildman–Crippen LogP) is 5.11. The summed E-state index contributed by atoms with van der Waals surface area (Å²) in [6.45, 7) is 3.95. The third kappa shape index (κ3) is 5.57. The highest BCUT2D eigenvalue weighted by atomic mass is 32.1. The number of carbonyl (C=O) groups is 2. The van der Waals surface area contributed by atoms with E-state index in [9.17, 15) is 18.4 Å². The quantitative estimate of drug-likeness (QED) is 0.194. The Morgan fingerprint density at radius 1 is 1.08 bits per heavy atom. The Morgan fingerprint density at radius 2 is 1.81 bits per heavy atom. The van der Waals surface area contributed by atoms with Gasteiger partial charge in [0.1, 0.15) is 23.8 Å². The summed E-state index contributed by atoms with van der Waals surface area (Å²) >= 11 is 5.14. The van der Waals surface area contributed by atoms with Crippen molar-refractivity contribution in [2.45, 2.75) is 13.0 Å². The number of anilines is 1. The third-order valence-electron chi connectivity index (χ3n) is 5.54. The van der Waals surface area contributed by atoms with Crippen LogP contribution >= 0.6 is 12.2 Å². The molecule has 9 heteroatoms. The van der Waals surface area contributed by atoms with Gasteiger partial charge in [0.15, 0.2) is 16.6 Å². The van der Waals surface area contributed by atoms with Gasteiger partial charge in [0.05, 0.1) is 12.8 Å². The zero-order chi connectivity index (χ0) is 26.5. The highest BCUT2D eigenvalue weighted by molar-refractivity contribution is 7.80. The van der Waals surface area contributed by atoms with Crippen LogP contribution in [0.5, 0.6) is 11.5 Å². The van der Waals surface area contributed by atoms with Crippen LogP contribution in [0.2, 0.25) is 0 Å². The number of para-hydroxylation sites is 1. The maximum absolute atomic E-state index is 14.4. The van der Waals surface area contributed by atoms with Gasteiger partial charge < -0.3 is 9.47 Å². The van der Waals surface area contributed by atoms with Crippen molar-refractivity contribution in [1.29, 1.82) is 0 Å². The third-order valence-corrected chi connectivity index (χ3v) is 5.83. The van der Waals surface area contributed by atoms with E-state index in [1.165, 1.54) is 43.5 Å². The van der Waals surface area contributed by atoms with Crippen LogP contribution in [0, 0.1) is 11.6 Å². The molecule has 0 bridgehead atoms. The minimum absolute atomic E-state index is 0.0714. The first-order chi connectivity index (χ1) is 17.8. The molecule has 1 saturated heterocycles. The summed E-state index contributed by atoms with van der Waals surface area (Å²) in [7, 11) is 1.46. The normalized spacial score (nSPS) is 14.5. The minimum atomic E-state index is -0.764. The predicted molar refractivity (Wildman–Crippen MR) is 140 cm³/mol. The fourth-order valence-electron chi connectivity index (χ4n) is 3.80. The van der Waals surface area contributed by atoms with Gasteiger partial charge in [-0.15, -0.1) is 6.58 Å². The molecule has 37 heavy (non-hydrogen) atoms. The van der Waals surface area contributed by atoms with Gasteiger partial charge in [-0.1, -0.05) is 30.3 Å². The lowest BCUT2D eigenvalue weighted by atomic mass is 10.0. The average Bonchev–Trinajstić information content (AvgIpc) is 2.88. The number of hydrogen-bond acceptors (Lipinski definition) is 5. The molecule has 1 heterocycles. The van der Waals surface area contributed by atoms with Gasteiger partial charge >= 0.3 is 0 Å². The SMILES string of the molecule is C=CCc1cc(/C=C2\C(=O)NC(=S)N(c3ccccc3F)C2=O)cc(OC)c1OCc1ccc(F)cc1. The summed E-state index contributed by atoms with van der Waals surface area (Å²) in [6.07, 6.45) is 3.46. The number of ether oxygens (including phenoxy) is 2. The van der Waals surface area contributed by atoms with Crippen LogP contribution in [0.15, 0.2) is 78.9 Å². The molecule has 0 radical (unpaired) electrons. The molecule has 1 aliphatic rings. The Morgan fingerprint density at radius 3 is 2.49 bits per heavy atom. The van der Waals surface area contributed by atoms with Crippen molar-refractivity contribution in [2.75, 3.05) is 12.0 Å². The molecule has 3 aromatic carbocycles. The molecule has 0 spiro atoms. The van der Waals surface area contributed by atoms with E-state index in [4.69, 9.17) is 21.7 Å². The van der Waals surface area contributed by atoms with Crippen molar-refractivity contribution in [3.8, 4) is 11.5 Å². The van der Waals surface area contributed by atoms with E-state index >= 15 is 0 Å². The topological polar surface area (TPSA) is 67.9 Å². The second-order valence-electron chi connectivity index (χ2n) is 8.03. The maximum atomic E-state index is 14.4. The van der Waals surface area contributed by atoms with Gasteiger partial charge in [0.25, 0.3) is 11.8 Å². The number of methoxy groups -OCH3 is 1. The van der Waals surface area contributed by atoms with Gasteiger partial charge in [0.2, 0.25) is 0 Å². The van der Waals surface area contributed by atoms with Crippen LogP contribution < -0.4 is 19.7 Å². The van der Waals surface area contributed by atoms with E-state index in [1.807, 2.05) is 0 Å². The fraction of sp³-hybridized carbons (Fsp3) is 0.107. The number of rotatable bonds is 8. The van der Waals surface area contributed by atoms with Crippen LogP contribution in [0.3, 0.4) is 0 Å². The molecule has 0 atom stereocenters. The van der Waals surface area contributed by atoms with Crippen molar-refractivity contribution in [1.82, 2.24) is 5.32 Å². The summed E-state index contributed by atoms with van der Waals surface area (Å²) in [5, 5.41) is 2.23. The fourth-order valence-corrected chi connectivity index (χ4v) is 4.08. The van der Waals surface area contributed by atoms with Gasteiger partial charge in [0, 0.05) is 5.56 Å². The number of nitrogens with zero attached hydrogens (tertiary/aromatic N) is 1. The zero-order valence-electron chi connectivity index (χ0n) is 19.8. The minimum Gasteiger partial charge on any atom is -0.493 e. The number of benzene rings is 3. The van der Waals surface area contributed by atoms with Gasteiger partial charge in [-0.25, -0.2) is 13.7 Å². The second-order valence-corrected chi connectivity index (χ2v) is 8.42. The van der Waals surface area contributed by atoms with Crippen LogP contribution in [0.25, 0.3) is 6.08 Å². The Kier molecular flexibility index (Phi) is 7.74. The first-order valence-electron chi connectivity index (χ1n) is 11.2. The van der Waals surface area contributed by atoms with E-state index in [2.05, 4.69) is 11.9 Å². The van der Waals surface area contributed by atoms with Gasteiger partial charge in [-0.3, -0.25) is 14.9 Å². The molecular formula is C28H22F2N2O4S. The largest absolute Gasteiger partial charge is 0.493 e. The zero-order valence-corrected chi connectivity index (χ0v) is 20.6. The lowest BCUT2D eigenvalue weighted by Crippen LogP contribution is -2.54. The Hall–Kier alpha value is -4.37. The van der Waals surface area contributed by atoms with Crippen LogP contribution in [-0.4, -0.2) is 24.0 Å². The van der Waals surface area contributed by atoms with Crippen molar-refractivity contribution in [3.05, 3.63) is 107 Å². The van der Waals surface area contributed by atoms with Crippen LogP contribution in [0.4, 0.5) is 14.5 Å². The van der Waals surface area contributed by atoms with E-state index in [0.717, 1.165) is 10.5 Å². The number of carbonyl (C=O) groups excluding carboxylic acids is 2. The molecule has 1 N–H and O–H groups in total. The molecule has 0 unspecified atom stereocenters. The number of amides is 2. The molecule has 6 nitrogen and oxygen atoms in total. The molecule has 4 rings (SSSR count). The molecule has 0 aliphatic carbocycles. The molecule has 0 saturated carbocycles. The smallest absolute Gasteiger partial charge is 0.270 e. The highest BCUT2D eigenvalue weighted by Gasteiger charge is 2.35. The molecule has 188 valence electrons. The van der Waals surface area contributed by atoms with Crippen molar-refractivity contribution < 1.29 is 27.8 Å². The summed E-state index contributed by atoms with van der Waals surface area (Å²) < 4.78 is 39.2. The molecule has 3 aromatic rings. The monoisotopic (exact) mass is 520 g/mol. The Bertz CT molecular complexity index is 1420. The number of allylic oxidation sites excluding steroid dienone is 1. The number of hydrogen-bond donors (Lipinski definition) is 1. The number of nitrogens with one attached hydrogen (secondary N) is 1. The van der Waals surface area contributed by atoms with E-state index in [1.54, 1.807) is 36.4 Å². The summed E-state index contributed by atoms with van der Waals surface area (Å²) in [5.74, 6) is -1.67. The van der Waals surface area contributed by atoms with E-state index < -0.39 is 17.6 Å². The maximum Gasteiger partial charge on any atom is 0.270 e. The van der Waals surface area contributed by atoms with E-state index in [0.29, 0.717) is 29.0 Å². The Labute approximate surface area is 217 Å². The molecule has 0 aromatic heterocycles. The lowest BCUT2D eigenvalue weighted by Gasteiger charge is -2.29. The molecular weight excluding hydrogens is 498 g/mol. The standard InChI is InChI=1S/C28H22F2N2O4S/c1-3-6-19-13-18(15-24(35-2)25(19)36-16-17-9-11-20(29)12-10-17)14-21-26(33)31-28(37)32(27(21)34)23-8-5-4-7-22(23)30/h3-5,7-15H,1,6,16H2,2H3,(H,31,33,37)/b21-14+. The van der Waals surface area contributed by atoms with Crippen molar-refractivity contribution in [3.63, 3.8) is 0 Å². The first-order valence-corrected chi connectivity index (χ1v) is 11.6. The molecule has 1 fully saturated rings. The number of thiocarbonyl (C=S) groups is 1. The summed E-state index contributed by atoms with van der Waals surface area (Å²) in [5.41, 5.74) is 1.62. The van der Waals surface area contributed by atoms with Gasteiger partial charge in [-0.05, 0) is 72.2 Å². The number of halogens is 2.